The lowest BCUT2D eigenvalue weighted by Crippen LogP contribution is -2.22. The Morgan fingerprint density at radius 3 is 2.41 bits per heavy atom. The molecule has 1 amide bonds. The van der Waals surface area contributed by atoms with Crippen molar-refractivity contribution >= 4 is 34.9 Å². The summed E-state index contributed by atoms with van der Waals surface area (Å²) in [6.45, 7) is 2.93. The van der Waals surface area contributed by atoms with Crippen LogP contribution in [0.2, 0.25) is 5.02 Å². The van der Waals surface area contributed by atoms with Gasteiger partial charge in [0.05, 0.1) is 25.8 Å². The lowest BCUT2D eigenvalue weighted by Gasteiger charge is -2.12. The average Bonchev–Trinajstić information content (AvgIpc) is 2.69. The van der Waals surface area contributed by atoms with Gasteiger partial charge in [0.2, 0.25) is 0 Å². The van der Waals surface area contributed by atoms with E-state index in [9.17, 15) is 14.4 Å². The monoisotopic (exact) mass is 419 g/mol. The fraction of sp³-hybridized carbons (Fsp3) is 0.286. The number of methoxy groups -OCH3 is 1. The zero-order valence-electron chi connectivity index (χ0n) is 16.4. The molecule has 0 fully saturated rings. The van der Waals surface area contributed by atoms with Gasteiger partial charge < -0.3 is 19.5 Å². The second kappa shape index (κ2) is 10.5. The van der Waals surface area contributed by atoms with Gasteiger partial charge in [0.1, 0.15) is 11.5 Å². The fourth-order valence-electron chi connectivity index (χ4n) is 2.37. The first-order chi connectivity index (χ1) is 13.8. The predicted molar refractivity (Wildman–Crippen MR) is 109 cm³/mol. The number of rotatable bonds is 9. The second-order valence-corrected chi connectivity index (χ2v) is 6.60. The first-order valence-electron chi connectivity index (χ1n) is 8.83. The Morgan fingerprint density at radius 1 is 1.10 bits per heavy atom. The molecule has 0 aliphatic rings. The molecule has 2 aromatic rings. The molecule has 7 nitrogen and oxygen atoms in total. The lowest BCUT2D eigenvalue weighted by molar-refractivity contribution is -0.147. The molecular formula is C21H22ClNO6. The number of hydrogen-bond acceptors (Lipinski definition) is 6. The Morgan fingerprint density at radius 2 is 1.79 bits per heavy atom. The first kappa shape index (κ1) is 22.2. The summed E-state index contributed by atoms with van der Waals surface area (Å²) in [5.41, 5.74) is 1.79. The quantitative estimate of drug-likeness (QED) is 0.491. The molecule has 8 heteroatoms. The number of benzene rings is 2. The number of ether oxygens (including phenoxy) is 3. The van der Waals surface area contributed by atoms with Crippen molar-refractivity contribution in [2.45, 2.75) is 20.3 Å². The van der Waals surface area contributed by atoms with Crippen LogP contribution in [0.4, 0.5) is 5.69 Å². The van der Waals surface area contributed by atoms with Gasteiger partial charge in [0, 0.05) is 16.7 Å². The van der Waals surface area contributed by atoms with Gasteiger partial charge in [-0.05, 0) is 49.7 Å². The van der Waals surface area contributed by atoms with Crippen LogP contribution in [0, 0.1) is 6.92 Å². The minimum absolute atomic E-state index is 0.0227. The van der Waals surface area contributed by atoms with E-state index in [4.69, 9.17) is 25.8 Å². The number of esters is 1. The van der Waals surface area contributed by atoms with Gasteiger partial charge in [0.25, 0.3) is 5.91 Å². The Kier molecular flexibility index (Phi) is 8.03. The van der Waals surface area contributed by atoms with E-state index in [2.05, 4.69) is 5.32 Å². The molecule has 0 atom stereocenters. The van der Waals surface area contributed by atoms with Gasteiger partial charge in [-0.25, -0.2) is 0 Å². The van der Waals surface area contributed by atoms with Gasteiger partial charge >= 0.3 is 5.97 Å². The van der Waals surface area contributed by atoms with Crippen LogP contribution >= 0.6 is 11.6 Å². The topological polar surface area (TPSA) is 90.9 Å². The molecule has 0 spiro atoms. The van der Waals surface area contributed by atoms with E-state index in [0.717, 1.165) is 5.56 Å². The largest absolute Gasteiger partial charge is 0.495 e. The Hall–Kier alpha value is -3.06. The van der Waals surface area contributed by atoms with Crippen LogP contribution in [0.5, 0.6) is 11.5 Å². The molecule has 0 bridgehead atoms. The zero-order valence-corrected chi connectivity index (χ0v) is 17.2. The molecule has 29 heavy (non-hydrogen) atoms. The molecule has 0 unspecified atom stereocenters. The minimum Gasteiger partial charge on any atom is -0.495 e. The van der Waals surface area contributed by atoms with Crippen molar-refractivity contribution in [3.8, 4) is 11.5 Å². The molecule has 0 saturated heterocycles. The summed E-state index contributed by atoms with van der Waals surface area (Å²) in [5, 5.41) is 3.14. The minimum atomic E-state index is -0.570. The average molecular weight is 420 g/mol. The van der Waals surface area contributed by atoms with Gasteiger partial charge in [-0.1, -0.05) is 11.6 Å². The van der Waals surface area contributed by atoms with Crippen LogP contribution < -0.4 is 14.8 Å². The maximum atomic E-state index is 12.0. The van der Waals surface area contributed by atoms with E-state index in [-0.39, 0.29) is 18.8 Å². The highest BCUT2D eigenvalue weighted by Gasteiger charge is 2.12. The molecule has 0 saturated carbocycles. The smallest absolute Gasteiger partial charge is 0.309 e. The van der Waals surface area contributed by atoms with Gasteiger partial charge in [0.15, 0.2) is 12.4 Å². The van der Waals surface area contributed by atoms with Crippen LogP contribution in [0.1, 0.15) is 29.3 Å². The molecule has 2 aromatic carbocycles. The molecule has 1 N–H and O–H groups in total. The molecular weight excluding hydrogens is 398 g/mol. The summed E-state index contributed by atoms with van der Waals surface area (Å²) in [7, 11) is 1.46. The number of hydrogen-bond donors (Lipinski definition) is 1. The summed E-state index contributed by atoms with van der Waals surface area (Å²) in [4.78, 5) is 35.0. The normalized spacial score (nSPS) is 10.2. The number of amides is 1. The molecule has 0 radical (unpaired) electrons. The van der Waals surface area contributed by atoms with E-state index in [1.807, 2.05) is 0 Å². The highest BCUT2D eigenvalue weighted by atomic mass is 35.5. The highest BCUT2D eigenvalue weighted by molar-refractivity contribution is 6.31. The first-order valence-corrected chi connectivity index (χ1v) is 9.21. The summed E-state index contributed by atoms with van der Waals surface area (Å²) < 4.78 is 15.6. The third kappa shape index (κ3) is 6.80. The number of ketones is 1. The van der Waals surface area contributed by atoms with Crippen LogP contribution in [-0.4, -0.2) is 38.0 Å². The number of nitrogens with one attached hydrogen (secondary N) is 1. The van der Waals surface area contributed by atoms with E-state index < -0.39 is 18.5 Å². The number of aryl methyl sites for hydroxylation is 1. The van der Waals surface area contributed by atoms with Crippen molar-refractivity contribution in [2.75, 3.05) is 25.6 Å². The van der Waals surface area contributed by atoms with Gasteiger partial charge in [-0.3, -0.25) is 14.4 Å². The van der Waals surface area contributed by atoms with Crippen molar-refractivity contribution in [3.63, 3.8) is 0 Å². The summed E-state index contributed by atoms with van der Waals surface area (Å²) in [5.74, 6) is -0.168. The molecule has 2 rings (SSSR count). The number of Topliss-reactive ketones (excluding diaryl/α,β-unsaturated/α-hetero) is 1. The second-order valence-electron chi connectivity index (χ2n) is 6.19. The maximum Gasteiger partial charge on any atom is 0.309 e. The van der Waals surface area contributed by atoms with Crippen molar-refractivity contribution < 1.29 is 28.6 Å². The zero-order chi connectivity index (χ0) is 21.4. The van der Waals surface area contributed by atoms with Gasteiger partial charge in [-0.15, -0.1) is 0 Å². The Balaban J connectivity index is 1.75. The van der Waals surface area contributed by atoms with E-state index in [1.54, 1.807) is 43.3 Å². The number of halogens is 1. The number of carbonyl (C=O) groups excluding carboxylic acids is 3. The standard InChI is InChI=1S/C21H22ClNO6/c1-13-10-18(19(27-3)11-17(13)22)23-20(25)12-29-21(26)8-9-28-16-6-4-15(5-7-16)14(2)24/h4-7,10-11H,8-9,12H2,1-3H3,(H,23,25). The lowest BCUT2D eigenvalue weighted by atomic mass is 10.1. The Labute approximate surface area is 173 Å². The third-order valence-corrected chi connectivity index (χ3v) is 4.36. The summed E-state index contributed by atoms with van der Waals surface area (Å²) >= 11 is 6.03. The van der Waals surface area contributed by atoms with E-state index in [1.165, 1.54) is 14.0 Å². The number of anilines is 1. The van der Waals surface area contributed by atoms with Crippen LogP contribution in [0.25, 0.3) is 0 Å². The summed E-state index contributed by atoms with van der Waals surface area (Å²) in [6, 6.07) is 9.86. The van der Waals surface area contributed by atoms with Crippen LogP contribution in [0.15, 0.2) is 36.4 Å². The summed E-state index contributed by atoms with van der Waals surface area (Å²) in [6.07, 6.45) is -0.0227. The van der Waals surface area contributed by atoms with E-state index >= 15 is 0 Å². The molecule has 0 heterocycles. The number of carbonyl (C=O) groups is 3. The maximum absolute atomic E-state index is 12.0. The van der Waals surface area contributed by atoms with Crippen molar-refractivity contribution in [3.05, 3.63) is 52.5 Å². The highest BCUT2D eigenvalue weighted by Crippen LogP contribution is 2.30. The fourth-order valence-corrected chi connectivity index (χ4v) is 2.53. The molecule has 0 aromatic heterocycles. The van der Waals surface area contributed by atoms with Crippen molar-refractivity contribution in [1.82, 2.24) is 0 Å². The SMILES string of the molecule is COc1cc(Cl)c(C)cc1NC(=O)COC(=O)CCOc1ccc(C(C)=O)cc1. The van der Waals surface area contributed by atoms with Crippen LogP contribution in [-0.2, 0) is 14.3 Å². The van der Waals surface area contributed by atoms with Gasteiger partial charge in [-0.2, -0.15) is 0 Å². The molecule has 0 aliphatic carbocycles. The van der Waals surface area contributed by atoms with Crippen molar-refractivity contribution in [1.29, 1.82) is 0 Å². The van der Waals surface area contributed by atoms with Crippen molar-refractivity contribution in [2.24, 2.45) is 0 Å². The van der Waals surface area contributed by atoms with Crippen LogP contribution in [0.3, 0.4) is 0 Å². The molecule has 154 valence electrons. The predicted octanol–water partition coefficient (Wildman–Crippen LogP) is 3.81. The van der Waals surface area contributed by atoms with E-state index in [0.29, 0.717) is 27.8 Å². The molecule has 0 aliphatic heterocycles. The third-order valence-electron chi connectivity index (χ3n) is 3.95. The Bertz CT molecular complexity index is 895.